The molecule has 0 amide bonds. The predicted octanol–water partition coefficient (Wildman–Crippen LogP) is 3.27. The van der Waals surface area contributed by atoms with Gasteiger partial charge in [0.2, 0.25) is 0 Å². The van der Waals surface area contributed by atoms with Gasteiger partial charge in [-0.1, -0.05) is 23.7 Å². The van der Waals surface area contributed by atoms with E-state index in [9.17, 15) is 8.78 Å². The fourth-order valence-electron chi connectivity index (χ4n) is 2.84. The van der Waals surface area contributed by atoms with Gasteiger partial charge in [-0.25, -0.2) is 23.4 Å². The van der Waals surface area contributed by atoms with Gasteiger partial charge in [-0.05, 0) is 23.8 Å². The molecule has 4 rings (SSSR count). The quantitative estimate of drug-likeness (QED) is 0.536. The maximum absolute atomic E-state index is 14.3. The number of pyridine rings is 1. The maximum atomic E-state index is 14.3. The monoisotopic (exact) mass is 348 g/mol. The molecule has 1 aliphatic heterocycles. The number of ether oxygens (including phenoxy) is 1. The van der Waals surface area contributed by atoms with Crippen molar-refractivity contribution in [2.24, 2.45) is 0 Å². The van der Waals surface area contributed by atoms with Gasteiger partial charge in [0.15, 0.2) is 11.0 Å². The second-order valence-electron chi connectivity index (χ2n) is 5.49. The third-order valence-corrected chi connectivity index (χ3v) is 4.31. The fraction of sp³-hybridized carbons (Fsp3) is 0.188. The Kier molecular flexibility index (Phi) is 3.54. The number of hydrogen-bond donors (Lipinski definition) is 0. The minimum Gasteiger partial charge on any atom is -0.354 e. The van der Waals surface area contributed by atoms with Crippen LogP contribution in [0, 0.1) is 11.6 Å². The van der Waals surface area contributed by atoms with Gasteiger partial charge in [0.05, 0.1) is 6.54 Å². The van der Waals surface area contributed by atoms with E-state index < -0.39 is 17.5 Å². The molecule has 2 unspecified atom stereocenters. The number of nitrogens with zero attached hydrogens (tertiary/aromatic N) is 4. The molecule has 122 valence electrons. The molecular formula is C16H11ClF2N4O. The summed E-state index contributed by atoms with van der Waals surface area (Å²) in [5.74, 6) is -0.975. The number of epoxide rings is 1. The van der Waals surface area contributed by atoms with Crippen molar-refractivity contribution in [3.8, 4) is 0 Å². The van der Waals surface area contributed by atoms with E-state index in [2.05, 4.69) is 15.1 Å². The van der Waals surface area contributed by atoms with E-state index in [1.807, 2.05) is 0 Å². The predicted molar refractivity (Wildman–Crippen MR) is 81.1 cm³/mol. The van der Waals surface area contributed by atoms with Crippen molar-refractivity contribution in [3.63, 3.8) is 0 Å². The van der Waals surface area contributed by atoms with Crippen molar-refractivity contribution < 1.29 is 13.5 Å². The van der Waals surface area contributed by atoms with Gasteiger partial charge in [0, 0.05) is 11.8 Å². The first-order chi connectivity index (χ1) is 11.6. The van der Waals surface area contributed by atoms with E-state index in [0.717, 1.165) is 5.56 Å². The Morgan fingerprint density at radius 2 is 2.00 bits per heavy atom. The van der Waals surface area contributed by atoms with Crippen LogP contribution >= 0.6 is 11.6 Å². The minimum atomic E-state index is -0.868. The zero-order valence-corrected chi connectivity index (χ0v) is 13.0. The summed E-state index contributed by atoms with van der Waals surface area (Å²) in [6.45, 7) is 0.308. The fourth-order valence-corrected chi connectivity index (χ4v) is 3.01. The molecule has 3 aromatic rings. The average molecular weight is 349 g/mol. The summed E-state index contributed by atoms with van der Waals surface area (Å²) >= 11 is 5.77. The van der Waals surface area contributed by atoms with Gasteiger partial charge in [0.1, 0.15) is 30.2 Å². The van der Waals surface area contributed by atoms with Crippen LogP contribution in [-0.4, -0.2) is 19.7 Å². The summed E-state index contributed by atoms with van der Waals surface area (Å²) in [6.07, 6.45) is 3.79. The van der Waals surface area contributed by atoms with E-state index in [-0.39, 0.29) is 11.0 Å². The molecule has 1 aromatic carbocycles. The Hall–Kier alpha value is -2.38. The molecule has 24 heavy (non-hydrogen) atoms. The van der Waals surface area contributed by atoms with Crippen LogP contribution < -0.4 is 0 Å². The van der Waals surface area contributed by atoms with Gasteiger partial charge in [-0.3, -0.25) is 0 Å². The largest absolute Gasteiger partial charge is 0.354 e. The Bertz CT molecular complexity index is 872. The lowest BCUT2D eigenvalue weighted by molar-refractivity contribution is 0.262. The lowest BCUT2D eigenvalue weighted by atomic mass is 9.91. The number of aromatic nitrogens is 4. The zero-order chi connectivity index (χ0) is 16.7. The number of rotatable bonds is 4. The van der Waals surface area contributed by atoms with Crippen LogP contribution in [0.1, 0.15) is 17.2 Å². The van der Waals surface area contributed by atoms with Crippen LogP contribution in [-0.2, 0) is 16.9 Å². The van der Waals surface area contributed by atoms with Gasteiger partial charge < -0.3 is 4.74 Å². The van der Waals surface area contributed by atoms with Crippen LogP contribution in [0.3, 0.4) is 0 Å². The summed E-state index contributed by atoms with van der Waals surface area (Å²) in [7, 11) is 0. The molecule has 1 saturated heterocycles. The van der Waals surface area contributed by atoms with E-state index >= 15 is 0 Å². The van der Waals surface area contributed by atoms with E-state index in [0.29, 0.717) is 12.1 Å². The van der Waals surface area contributed by atoms with E-state index in [4.69, 9.17) is 16.3 Å². The first-order valence-electron chi connectivity index (χ1n) is 7.16. The Labute approximate surface area is 140 Å². The van der Waals surface area contributed by atoms with E-state index in [1.165, 1.54) is 30.7 Å². The Balaban J connectivity index is 1.76. The van der Waals surface area contributed by atoms with Gasteiger partial charge >= 0.3 is 0 Å². The molecular weight excluding hydrogens is 338 g/mol. The number of halogens is 3. The summed E-state index contributed by atoms with van der Waals surface area (Å²) in [6, 6.07) is 7.44. The molecule has 2 atom stereocenters. The van der Waals surface area contributed by atoms with Crippen molar-refractivity contribution in [2.45, 2.75) is 18.2 Å². The molecule has 0 saturated carbocycles. The zero-order valence-electron chi connectivity index (χ0n) is 12.2. The van der Waals surface area contributed by atoms with Crippen LogP contribution in [0.4, 0.5) is 8.78 Å². The first-order valence-corrected chi connectivity index (χ1v) is 7.54. The second kappa shape index (κ2) is 5.61. The molecule has 1 aliphatic rings. The highest BCUT2D eigenvalue weighted by molar-refractivity contribution is 6.29. The van der Waals surface area contributed by atoms with Gasteiger partial charge in [0.25, 0.3) is 0 Å². The summed E-state index contributed by atoms with van der Waals surface area (Å²) in [5.41, 5.74) is 0.156. The molecule has 1 fully saturated rings. The van der Waals surface area contributed by atoms with Crippen molar-refractivity contribution >= 4 is 11.6 Å². The van der Waals surface area contributed by atoms with Gasteiger partial charge in [-0.2, -0.15) is 5.10 Å². The topological polar surface area (TPSA) is 56.1 Å². The molecule has 3 heterocycles. The number of hydrogen-bond acceptors (Lipinski definition) is 4. The summed E-state index contributed by atoms with van der Waals surface area (Å²) in [5, 5.41) is 3.86. The molecule has 0 radical (unpaired) electrons. The lowest BCUT2D eigenvalue weighted by Gasteiger charge is -2.14. The smallest absolute Gasteiger partial charge is 0.166 e. The maximum Gasteiger partial charge on any atom is 0.166 e. The van der Waals surface area contributed by atoms with E-state index in [1.54, 1.807) is 23.1 Å². The molecule has 8 heteroatoms. The highest BCUT2D eigenvalue weighted by atomic mass is 35.5. The van der Waals surface area contributed by atoms with Crippen molar-refractivity contribution in [3.05, 3.63) is 77.1 Å². The Morgan fingerprint density at radius 3 is 2.71 bits per heavy atom. The van der Waals surface area contributed by atoms with Crippen molar-refractivity contribution in [1.82, 2.24) is 19.7 Å². The molecule has 2 aromatic heterocycles. The summed E-state index contributed by atoms with van der Waals surface area (Å²) < 4.78 is 35.1. The lowest BCUT2D eigenvalue weighted by Crippen LogP contribution is -2.19. The van der Waals surface area contributed by atoms with Gasteiger partial charge in [-0.15, -0.1) is 0 Å². The molecule has 5 nitrogen and oxygen atoms in total. The van der Waals surface area contributed by atoms with Crippen LogP contribution in [0.15, 0.2) is 49.2 Å². The Morgan fingerprint density at radius 1 is 1.21 bits per heavy atom. The first kappa shape index (κ1) is 15.2. The third kappa shape index (κ3) is 2.46. The van der Waals surface area contributed by atoms with Crippen molar-refractivity contribution in [2.75, 3.05) is 0 Å². The number of benzene rings is 1. The molecule has 0 N–H and O–H groups in total. The highest BCUT2D eigenvalue weighted by Gasteiger charge is 2.60. The van der Waals surface area contributed by atoms with Crippen LogP contribution in [0.25, 0.3) is 0 Å². The standard InChI is InChI=1S/C16H11ClF2N4O/c17-15-13(19)12(5-6-21-15)14-16(24-14,7-23-9-20-8-22-23)10-1-3-11(18)4-2-10/h1-6,8-9,14H,7H2. The SMILES string of the molecule is Fc1ccc(C2(Cn3cncn3)OC2c2ccnc(Cl)c2F)cc1. The van der Waals surface area contributed by atoms with Crippen LogP contribution in [0.2, 0.25) is 5.15 Å². The van der Waals surface area contributed by atoms with Crippen LogP contribution in [0.5, 0.6) is 0 Å². The normalized spacial score (nSPS) is 22.5. The molecule has 0 bridgehead atoms. The highest BCUT2D eigenvalue weighted by Crippen LogP contribution is 2.58. The average Bonchev–Trinajstić information content (AvgIpc) is 3.05. The molecule has 0 spiro atoms. The summed E-state index contributed by atoms with van der Waals surface area (Å²) in [4.78, 5) is 7.62. The molecule has 0 aliphatic carbocycles. The van der Waals surface area contributed by atoms with Crippen molar-refractivity contribution in [1.29, 1.82) is 0 Å². The minimum absolute atomic E-state index is 0.211. The second-order valence-corrected chi connectivity index (χ2v) is 5.85. The third-order valence-electron chi connectivity index (χ3n) is 4.05.